The Balaban J connectivity index is 1.40. The first-order valence-electron chi connectivity index (χ1n) is 12.1. The van der Waals surface area contributed by atoms with E-state index in [2.05, 4.69) is 64.6 Å². The molecule has 6 nitrogen and oxygen atoms in total. The van der Waals surface area contributed by atoms with Gasteiger partial charge in [-0.25, -0.2) is 9.78 Å². The van der Waals surface area contributed by atoms with E-state index in [1.807, 2.05) is 47.5 Å². The van der Waals surface area contributed by atoms with Crippen molar-refractivity contribution < 1.29 is 9.90 Å². The highest BCUT2D eigenvalue weighted by molar-refractivity contribution is 5.90. The molecule has 1 aliphatic heterocycles. The zero-order chi connectivity index (χ0) is 24.1. The number of carbonyl (C=O) groups excluding carboxylic acids is 1. The zero-order valence-electron chi connectivity index (χ0n) is 19.7. The van der Waals surface area contributed by atoms with Crippen molar-refractivity contribution in [2.75, 3.05) is 18.4 Å². The number of hydrogen-bond donors (Lipinski definition) is 2. The second kappa shape index (κ2) is 10.2. The third-order valence-corrected chi connectivity index (χ3v) is 7.00. The fourth-order valence-corrected chi connectivity index (χ4v) is 5.10. The summed E-state index contributed by atoms with van der Waals surface area (Å²) in [4.78, 5) is 19.8. The summed E-state index contributed by atoms with van der Waals surface area (Å²) in [6, 6.07) is 28.2. The van der Waals surface area contributed by atoms with E-state index in [4.69, 9.17) is 4.98 Å². The second-order valence-electron chi connectivity index (χ2n) is 9.04. The van der Waals surface area contributed by atoms with Crippen LogP contribution in [0.1, 0.15) is 35.4 Å². The number of hydrogen-bond acceptors (Lipinski definition) is 3. The highest BCUT2D eigenvalue weighted by Crippen LogP contribution is 2.41. The Labute approximate surface area is 205 Å². The summed E-state index contributed by atoms with van der Waals surface area (Å²) < 4.78 is 2.25. The molecule has 1 saturated heterocycles. The first-order chi connectivity index (χ1) is 17.2. The van der Waals surface area contributed by atoms with Gasteiger partial charge < -0.3 is 19.9 Å². The summed E-state index contributed by atoms with van der Waals surface area (Å²) in [5, 5.41) is 12.6. The maximum Gasteiger partial charge on any atom is 0.321 e. The van der Waals surface area contributed by atoms with Gasteiger partial charge in [-0.2, -0.15) is 0 Å². The molecule has 178 valence electrons. The summed E-state index contributed by atoms with van der Waals surface area (Å²) in [7, 11) is 0. The summed E-state index contributed by atoms with van der Waals surface area (Å²) in [6.07, 6.45) is 5.49. The van der Waals surface area contributed by atoms with Crippen LogP contribution in [0.25, 0.3) is 0 Å². The Morgan fingerprint density at radius 3 is 2.29 bits per heavy atom. The third kappa shape index (κ3) is 4.70. The summed E-state index contributed by atoms with van der Waals surface area (Å²) >= 11 is 0. The number of urea groups is 1. The maximum absolute atomic E-state index is 13.1. The van der Waals surface area contributed by atoms with Crippen LogP contribution >= 0.6 is 0 Å². The van der Waals surface area contributed by atoms with Crippen LogP contribution in [0.5, 0.6) is 0 Å². The van der Waals surface area contributed by atoms with Crippen LogP contribution in [0, 0.1) is 0 Å². The van der Waals surface area contributed by atoms with Crippen molar-refractivity contribution in [3.63, 3.8) is 0 Å². The minimum atomic E-state index is -0.278. The molecule has 6 heteroatoms. The molecule has 1 aromatic heterocycles. The average molecular weight is 467 g/mol. The smallest absolute Gasteiger partial charge is 0.321 e. The lowest BCUT2D eigenvalue weighted by molar-refractivity contribution is 0.176. The molecule has 2 amide bonds. The van der Waals surface area contributed by atoms with Gasteiger partial charge in [0.1, 0.15) is 5.82 Å². The van der Waals surface area contributed by atoms with Gasteiger partial charge in [-0.15, -0.1) is 0 Å². The normalized spacial score (nSPS) is 15.1. The van der Waals surface area contributed by atoms with Crippen molar-refractivity contribution in [3.8, 4) is 0 Å². The van der Waals surface area contributed by atoms with Gasteiger partial charge in [0.15, 0.2) is 0 Å². The average Bonchev–Trinajstić information content (AvgIpc) is 3.38. The van der Waals surface area contributed by atoms with Gasteiger partial charge in [0.05, 0.1) is 12.0 Å². The van der Waals surface area contributed by atoms with E-state index in [1.165, 1.54) is 11.1 Å². The van der Waals surface area contributed by atoms with E-state index in [0.717, 1.165) is 25.2 Å². The van der Waals surface area contributed by atoms with Crippen molar-refractivity contribution in [2.24, 2.45) is 0 Å². The first kappa shape index (κ1) is 22.9. The number of anilines is 1. The molecule has 4 aromatic rings. The predicted molar refractivity (Wildman–Crippen MR) is 137 cm³/mol. The van der Waals surface area contributed by atoms with Gasteiger partial charge in [-0.3, -0.25) is 0 Å². The number of amides is 2. The topological polar surface area (TPSA) is 70.4 Å². The van der Waals surface area contributed by atoms with Crippen molar-refractivity contribution in [2.45, 2.75) is 31.4 Å². The molecule has 0 radical (unpaired) electrons. The quantitative estimate of drug-likeness (QED) is 0.418. The Hall–Kier alpha value is -3.90. The highest BCUT2D eigenvalue weighted by Gasteiger charge is 2.42. The number of carbonyl (C=O) groups is 1. The lowest BCUT2D eigenvalue weighted by Crippen LogP contribution is -2.48. The Morgan fingerprint density at radius 2 is 1.57 bits per heavy atom. The number of aliphatic hydroxyl groups is 1. The van der Waals surface area contributed by atoms with Crippen LogP contribution in [-0.2, 0) is 18.6 Å². The van der Waals surface area contributed by atoms with Gasteiger partial charge in [0.25, 0.3) is 0 Å². The molecular formula is C29H30N4O2. The van der Waals surface area contributed by atoms with Crippen molar-refractivity contribution in [1.29, 1.82) is 0 Å². The molecule has 0 spiro atoms. The van der Waals surface area contributed by atoms with Crippen molar-refractivity contribution >= 4 is 11.7 Å². The number of imidazole rings is 1. The predicted octanol–water partition coefficient (Wildman–Crippen LogP) is 5.04. The SMILES string of the molecule is O=C(Nc1ccccc1CO)N1CCC(c2ccccc2)(c2nccn2Cc2ccccc2)CC1. The number of likely N-dealkylation sites (tertiary alicyclic amines) is 1. The van der Waals surface area contributed by atoms with Crippen LogP contribution in [0.15, 0.2) is 97.3 Å². The molecule has 0 atom stereocenters. The van der Waals surface area contributed by atoms with E-state index in [1.54, 1.807) is 0 Å². The van der Waals surface area contributed by atoms with Crippen LogP contribution in [0.3, 0.4) is 0 Å². The number of piperidine rings is 1. The number of para-hydroxylation sites is 1. The largest absolute Gasteiger partial charge is 0.392 e. The first-order valence-corrected chi connectivity index (χ1v) is 12.1. The Morgan fingerprint density at radius 1 is 0.914 bits per heavy atom. The van der Waals surface area contributed by atoms with Crippen LogP contribution in [0.2, 0.25) is 0 Å². The molecule has 0 unspecified atom stereocenters. The summed E-state index contributed by atoms with van der Waals surface area (Å²) in [5.74, 6) is 1.04. The number of aromatic nitrogens is 2. The van der Waals surface area contributed by atoms with E-state index in [0.29, 0.717) is 24.3 Å². The van der Waals surface area contributed by atoms with Crippen LogP contribution in [-0.4, -0.2) is 38.7 Å². The molecule has 0 saturated carbocycles. The van der Waals surface area contributed by atoms with Crippen LogP contribution < -0.4 is 5.32 Å². The fraction of sp³-hybridized carbons (Fsp3) is 0.241. The lowest BCUT2D eigenvalue weighted by Gasteiger charge is -2.42. The van der Waals surface area contributed by atoms with Crippen molar-refractivity contribution in [1.82, 2.24) is 14.5 Å². The number of nitrogens with one attached hydrogen (secondary N) is 1. The summed E-state index contributed by atoms with van der Waals surface area (Å²) in [5.41, 5.74) is 3.54. The van der Waals surface area contributed by atoms with E-state index in [9.17, 15) is 9.90 Å². The molecule has 5 rings (SSSR count). The number of rotatable bonds is 6. The molecule has 1 aliphatic rings. The molecule has 3 aromatic carbocycles. The van der Waals surface area contributed by atoms with Gasteiger partial charge in [-0.05, 0) is 30.0 Å². The van der Waals surface area contributed by atoms with Crippen molar-refractivity contribution in [3.05, 3.63) is 120 Å². The molecule has 1 fully saturated rings. The van der Waals surface area contributed by atoms with Gasteiger partial charge >= 0.3 is 6.03 Å². The highest BCUT2D eigenvalue weighted by atomic mass is 16.3. The standard InChI is InChI=1S/C29H30N4O2/c34-22-24-11-7-8-14-26(24)31-28(35)32-18-15-29(16-19-32,25-12-5-2-6-13-25)27-30-17-20-33(27)21-23-9-3-1-4-10-23/h1-14,17,20,34H,15-16,18-19,21-22H2,(H,31,35). The van der Waals surface area contributed by atoms with E-state index in [-0.39, 0.29) is 18.1 Å². The third-order valence-electron chi connectivity index (χ3n) is 7.00. The minimum absolute atomic E-state index is 0.113. The Kier molecular flexibility index (Phi) is 6.64. The Bertz CT molecular complexity index is 1260. The van der Waals surface area contributed by atoms with Gasteiger partial charge in [0, 0.05) is 43.3 Å². The second-order valence-corrected chi connectivity index (χ2v) is 9.04. The molecule has 0 bridgehead atoms. The molecule has 2 N–H and O–H groups in total. The van der Waals surface area contributed by atoms with Gasteiger partial charge in [0.2, 0.25) is 0 Å². The van der Waals surface area contributed by atoms with E-state index < -0.39 is 0 Å². The van der Waals surface area contributed by atoms with Gasteiger partial charge in [-0.1, -0.05) is 78.9 Å². The molecule has 35 heavy (non-hydrogen) atoms. The number of aliphatic hydroxyl groups excluding tert-OH is 1. The monoisotopic (exact) mass is 466 g/mol. The minimum Gasteiger partial charge on any atom is -0.392 e. The lowest BCUT2D eigenvalue weighted by atomic mass is 9.72. The molecule has 0 aliphatic carbocycles. The van der Waals surface area contributed by atoms with E-state index >= 15 is 0 Å². The molecular weight excluding hydrogens is 436 g/mol. The number of benzene rings is 3. The zero-order valence-corrected chi connectivity index (χ0v) is 19.7. The maximum atomic E-state index is 13.1. The summed E-state index contributed by atoms with van der Waals surface area (Å²) in [6.45, 7) is 1.87. The number of nitrogens with zero attached hydrogens (tertiary/aromatic N) is 3. The fourth-order valence-electron chi connectivity index (χ4n) is 5.10. The van der Waals surface area contributed by atoms with Crippen LogP contribution in [0.4, 0.5) is 10.5 Å². The molecule has 2 heterocycles.